The highest BCUT2D eigenvalue weighted by Gasteiger charge is 2.05. The van der Waals surface area contributed by atoms with E-state index in [1.54, 1.807) is 17.0 Å². The van der Waals surface area contributed by atoms with Gasteiger partial charge in [0.15, 0.2) is 0 Å². The lowest BCUT2D eigenvalue weighted by molar-refractivity contribution is 0.0370. The van der Waals surface area contributed by atoms with Crippen LogP contribution in [-0.4, -0.2) is 151 Å². The average Bonchev–Trinajstić information content (AvgIpc) is 2.86. The fourth-order valence-corrected chi connectivity index (χ4v) is 2.13. The number of carboxylic acids is 1. The second-order valence-electron chi connectivity index (χ2n) is 6.56. The van der Waals surface area contributed by atoms with Crippen LogP contribution in [0.1, 0.15) is 17.3 Å². The highest BCUT2D eigenvalue weighted by atomic mass is 16.5. The number of aliphatic hydroxyl groups excluding tert-OH is 6. The van der Waals surface area contributed by atoms with Gasteiger partial charge in [0.25, 0.3) is 0 Å². The smallest absolute Gasteiger partial charge is 0.339 e. The Bertz CT molecular complexity index is 544. The topological polar surface area (TPSA) is 213 Å². The number of carboxylic acid groups (broad SMARTS) is 1. The number of phenols is 1. The first kappa shape index (κ1) is 38.6. The van der Waals surface area contributed by atoms with Gasteiger partial charge in [-0.25, -0.2) is 4.79 Å². The predicted octanol–water partition coefficient (Wildman–Crippen LogP) is -2.05. The van der Waals surface area contributed by atoms with Crippen LogP contribution in [0, 0.1) is 0 Å². The fraction of sp³-hybridized carbons (Fsp3) is 0.696. The molecule has 0 atom stereocenters. The van der Waals surface area contributed by atoms with Crippen molar-refractivity contribution < 1.29 is 55.1 Å². The zero-order chi connectivity index (χ0) is 27.9. The molecule has 0 amide bonds. The summed E-state index contributed by atoms with van der Waals surface area (Å²) in [6.07, 6.45) is 0. The number of aromatic hydroxyl groups is 1. The van der Waals surface area contributed by atoms with E-state index in [2.05, 4.69) is 5.32 Å². The molecule has 13 nitrogen and oxygen atoms in total. The second kappa shape index (κ2) is 33.1. The third-order valence-corrected chi connectivity index (χ3v) is 3.77. The van der Waals surface area contributed by atoms with Crippen LogP contribution in [-0.2, 0) is 9.47 Å². The normalized spacial score (nSPS) is 9.89. The second-order valence-corrected chi connectivity index (χ2v) is 6.56. The van der Waals surface area contributed by atoms with Crippen LogP contribution in [0.2, 0.25) is 0 Å². The van der Waals surface area contributed by atoms with E-state index in [0.717, 1.165) is 6.61 Å². The molecule has 0 radical (unpaired) electrons. The third kappa shape index (κ3) is 30.1. The van der Waals surface area contributed by atoms with Crippen molar-refractivity contribution >= 4 is 5.97 Å². The Morgan fingerprint density at radius 1 is 0.778 bits per heavy atom. The van der Waals surface area contributed by atoms with E-state index in [0.29, 0.717) is 52.5 Å². The number of hydrogen-bond acceptors (Lipinski definition) is 12. The van der Waals surface area contributed by atoms with Gasteiger partial charge in [0.1, 0.15) is 11.3 Å². The maximum absolute atomic E-state index is 10.3. The highest BCUT2D eigenvalue weighted by molar-refractivity contribution is 5.90. The number of para-hydroxylation sites is 1. The Labute approximate surface area is 213 Å². The number of nitrogens with one attached hydrogen (secondary N) is 1. The van der Waals surface area contributed by atoms with Crippen LogP contribution in [0.15, 0.2) is 24.3 Å². The summed E-state index contributed by atoms with van der Waals surface area (Å²) in [5, 5.41) is 70.1. The lowest BCUT2D eigenvalue weighted by Gasteiger charge is -2.17. The van der Waals surface area contributed by atoms with Gasteiger partial charge < -0.3 is 55.6 Å². The van der Waals surface area contributed by atoms with Gasteiger partial charge in [-0.15, -0.1) is 0 Å². The van der Waals surface area contributed by atoms with Crippen LogP contribution in [0.25, 0.3) is 0 Å². The van der Waals surface area contributed by atoms with Crippen molar-refractivity contribution in [2.24, 2.45) is 0 Å². The summed E-state index contributed by atoms with van der Waals surface area (Å²) < 4.78 is 9.88. The molecule has 0 unspecified atom stereocenters. The molecule has 214 valence electrons. The molecule has 0 spiro atoms. The number of benzene rings is 1. The largest absolute Gasteiger partial charge is 0.507 e. The molecule has 0 heterocycles. The Kier molecular flexibility index (Phi) is 35.5. The van der Waals surface area contributed by atoms with E-state index in [9.17, 15) is 4.79 Å². The van der Waals surface area contributed by atoms with Gasteiger partial charge in [-0.3, -0.25) is 4.90 Å². The molecular weight excluding hydrogens is 480 g/mol. The van der Waals surface area contributed by atoms with E-state index < -0.39 is 5.97 Å². The number of nitrogens with zero attached hydrogens (tertiary/aromatic N) is 1. The van der Waals surface area contributed by atoms with E-state index in [4.69, 9.17) is 50.3 Å². The van der Waals surface area contributed by atoms with Crippen molar-refractivity contribution in [3.05, 3.63) is 29.8 Å². The molecule has 0 aliphatic heterocycles. The van der Waals surface area contributed by atoms with E-state index in [-0.39, 0.29) is 51.0 Å². The van der Waals surface area contributed by atoms with Crippen molar-refractivity contribution in [1.82, 2.24) is 10.2 Å². The first-order valence-corrected chi connectivity index (χ1v) is 11.6. The standard InChI is InChI=1S/C7H6O3.C6H15NO3.C6H14O3.C4H11NO2/c8-6-4-2-1-3-5(6)7(9)10;8-4-1-7(2-5-9)3-6-10;1-2-8-5-6-9-4-3-7;6-3-1-5-2-4-7/h1-4,8H,(H,9,10);8-10H,1-6H2;7H,2-6H2,1H3;5-7H,1-4H2. The minimum Gasteiger partial charge on any atom is -0.507 e. The third-order valence-electron chi connectivity index (χ3n) is 3.77. The van der Waals surface area contributed by atoms with Crippen LogP contribution in [0.4, 0.5) is 0 Å². The first-order valence-electron chi connectivity index (χ1n) is 11.6. The molecular formula is C23H46N2O11. The lowest BCUT2D eigenvalue weighted by Crippen LogP contribution is -2.32. The molecule has 1 aromatic rings. The molecule has 0 saturated heterocycles. The minimum atomic E-state index is -1.11. The van der Waals surface area contributed by atoms with Crippen LogP contribution >= 0.6 is 0 Å². The Morgan fingerprint density at radius 2 is 1.28 bits per heavy atom. The van der Waals surface area contributed by atoms with Gasteiger partial charge in [0.2, 0.25) is 0 Å². The van der Waals surface area contributed by atoms with Gasteiger partial charge in [0.05, 0.1) is 59.5 Å². The van der Waals surface area contributed by atoms with Gasteiger partial charge in [-0.05, 0) is 19.1 Å². The Morgan fingerprint density at radius 3 is 1.64 bits per heavy atom. The minimum absolute atomic E-state index is 0.0671. The highest BCUT2D eigenvalue weighted by Crippen LogP contribution is 2.14. The predicted molar refractivity (Wildman–Crippen MR) is 134 cm³/mol. The van der Waals surface area contributed by atoms with Gasteiger partial charge in [-0.2, -0.15) is 0 Å². The molecule has 0 fully saturated rings. The van der Waals surface area contributed by atoms with E-state index in [1.165, 1.54) is 12.1 Å². The molecule has 36 heavy (non-hydrogen) atoms. The number of hydrogen-bond donors (Lipinski definition) is 9. The molecule has 0 aromatic heterocycles. The summed E-state index contributed by atoms with van der Waals surface area (Å²) in [7, 11) is 0. The van der Waals surface area contributed by atoms with Gasteiger partial charge in [0, 0.05) is 39.3 Å². The van der Waals surface area contributed by atoms with Crippen molar-refractivity contribution in [1.29, 1.82) is 0 Å². The molecule has 0 aliphatic carbocycles. The number of carbonyl (C=O) groups is 1. The van der Waals surface area contributed by atoms with Crippen molar-refractivity contribution in [3.8, 4) is 5.75 Å². The maximum atomic E-state index is 10.3. The molecule has 0 bridgehead atoms. The quantitative estimate of drug-likeness (QED) is 0.100. The molecule has 0 saturated carbocycles. The molecule has 9 N–H and O–H groups in total. The Hall–Kier alpha value is -1.91. The number of aliphatic hydroxyl groups is 6. The van der Waals surface area contributed by atoms with Crippen molar-refractivity contribution in [2.75, 3.05) is 98.8 Å². The summed E-state index contributed by atoms with van der Waals surface area (Å²) in [5.41, 5.74) is -0.0671. The van der Waals surface area contributed by atoms with Crippen molar-refractivity contribution in [2.45, 2.75) is 6.92 Å². The molecule has 1 aromatic carbocycles. The van der Waals surface area contributed by atoms with E-state index in [1.807, 2.05) is 6.92 Å². The van der Waals surface area contributed by atoms with Crippen LogP contribution in [0.3, 0.4) is 0 Å². The average molecular weight is 527 g/mol. The zero-order valence-corrected chi connectivity index (χ0v) is 21.2. The maximum Gasteiger partial charge on any atom is 0.339 e. The molecule has 0 aliphatic rings. The SMILES string of the molecule is CCOCCOCCO.O=C(O)c1ccccc1O.OCCN(CCO)CCO.OCCNCCO. The van der Waals surface area contributed by atoms with Crippen LogP contribution < -0.4 is 5.32 Å². The summed E-state index contributed by atoms with van der Waals surface area (Å²) >= 11 is 0. The number of aromatic carboxylic acids is 1. The van der Waals surface area contributed by atoms with Gasteiger partial charge >= 0.3 is 5.97 Å². The van der Waals surface area contributed by atoms with Crippen LogP contribution in [0.5, 0.6) is 5.75 Å². The molecule has 13 heteroatoms. The summed E-state index contributed by atoms with van der Waals surface area (Å²) in [6, 6.07) is 5.81. The fourth-order valence-electron chi connectivity index (χ4n) is 2.13. The lowest BCUT2D eigenvalue weighted by atomic mass is 10.2. The monoisotopic (exact) mass is 526 g/mol. The van der Waals surface area contributed by atoms with Gasteiger partial charge in [-0.1, -0.05) is 12.1 Å². The summed E-state index contributed by atoms with van der Waals surface area (Å²) in [6.45, 7) is 7.53. The molecule has 1 rings (SSSR count). The Balaban J connectivity index is -0.000000407. The number of ether oxygens (including phenoxy) is 2. The number of rotatable bonds is 17. The summed E-state index contributed by atoms with van der Waals surface area (Å²) in [5.74, 6) is -1.31. The van der Waals surface area contributed by atoms with E-state index >= 15 is 0 Å². The zero-order valence-electron chi connectivity index (χ0n) is 21.2. The van der Waals surface area contributed by atoms with Crippen molar-refractivity contribution in [3.63, 3.8) is 0 Å². The summed E-state index contributed by atoms with van der Waals surface area (Å²) in [4.78, 5) is 12.1. The first-order chi connectivity index (χ1) is 17.4.